The van der Waals surface area contributed by atoms with E-state index < -0.39 is 10.9 Å². The van der Waals surface area contributed by atoms with Gasteiger partial charge >= 0.3 is 5.97 Å². The molecule has 0 unspecified atom stereocenters. The highest BCUT2D eigenvalue weighted by atomic mass is 35.5. The molecule has 0 fully saturated rings. The van der Waals surface area contributed by atoms with Gasteiger partial charge in [0.25, 0.3) is 5.69 Å². The number of benzene rings is 2. The van der Waals surface area contributed by atoms with Gasteiger partial charge in [0, 0.05) is 29.4 Å². The third-order valence-corrected chi connectivity index (χ3v) is 3.42. The summed E-state index contributed by atoms with van der Waals surface area (Å²) in [6.07, 6.45) is 0. The van der Waals surface area contributed by atoms with Crippen molar-refractivity contribution in [3.63, 3.8) is 0 Å². The predicted molar refractivity (Wildman–Crippen MR) is 83.2 cm³/mol. The molecule has 0 radical (unpaired) electrons. The van der Waals surface area contributed by atoms with Crippen LogP contribution in [0.1, 0.15) is 15.9 Å². The fourth-order valence-corrected chi connectivity index (χ4v) is 2.11. The first-order valence-corrected chi connectivity index (χ1v) is 6.74. The lowest BCUT2D eigenvalue weighted by Gasteiger charge is -2.11. The van der Waals surface area contributed by atoms with Gasteiger partial charge in [-0.05, 0) is 17.7 Å². The number of nitro groups is 1. The van der Waals surface area contributed by atoms with Crippen molar-refractivity contribution in [2.45, 2.75) is 6.54 Å². The van der Waals surface area contributed by atoms with E-state index in [-0.39, 0.29) is 11.3 Å². The lowest BCUT2D eigenvalue weighted by Crippen LogP contribution is -2.09. The van der Waals surface area contributed by atoms with Gasteiger partial charge in [0.2, 0.25) is 0 Å². The number of hydrogen-bond donors (Lipinski definition) is 1. The van der Waals surface area contributed by atoms with Gasteiger partial charge in [-0.1, -0.05) is 29.8 Å². The molecule has 114 valence electrons. The summed E-state index contributed by atoms with van der Waals surface area (Å²) in [7, 11) is 1.22. The Bertz CT molecular complexity index is 718. The van der Waals surface area contributed by atoms with E-state index in [9.17, 15) is 14.9 Å². The minimum absolute atomic E-state index is 0.101. The van der Waals surface area contributed by atoms with E-state index in [1.54, 1.807) is 6.07 Å². The summed E-state index contributed by atoms with van der Waals surface area (Å²) in [4.78, 5) is 22.0. The Morgan fingerprint density at radius 3 is 2.68 bits per heavy atom. The van der Waals surface area contributed by atoms with Crippen LogP contribution in [0.4, 0.5) is 11.4 Å². The van der Waals surface area contributed by atoms with Crippen LogP contribution >= 0.6 is 11.6 Å². The van der Waals surface area contributed by atoms with Gasteiger partial charge in [-0.15, -0.1) is 0 Å². The Balaban J connectivity index is 2.28. The number of hydrogen-bond acceptors (Lipinski definition) is 5. The number of esters is 1. The van der Waals surface area contributed by atoms with Crippen LogP contribution in [0.2, 0.25) is 5.02 Å². The Morgan fingerprint density at radius 1 is 1.32 bits per heavy atom. The summed E-state index contributed by atoms with van der Waals surface area (Å²) in [5.74, 6) is -0.648. The molecule has 2 aromatic carbocycles. The van der Waals surface area contributed by atoms with Crippen LogP contribution < -0.4 is 5.32 Å². The van der Waals surface area contributed by atoms with Crippen molar-refractivity contribution in [3.05, 3.63) is 68.7 Å². The number of non-ortho nitro benzene ring substituents is 1. The van der Waals surface area contributed by atoms with E-state index in [4.69, 9.17) is 11.6 Å². The van der Waals surface area contributed by atoms with Crippen LogP contribution in [0.25, 0.3) is 0 Å². The van der Waals surface area contributed by atoms with Crippen LogP contribution in [0.15, 0.2) is 42.5 Å². The lowest BCUT2D eigenvalue weighted by atomic mass is 10.1. The van der Waals surface area contributed by atoms with Gasteiger partial charge in [-0.25, -0.2) is 4.79 Å². The number of nitrogens with one attached hydrogen (secondary N) is 1. The first-order valence-electron chi connectivity index (χ1n) is 6.37. The molecule has 0 bridgehead atoms. The average Bonchev–Trinajstić information content (AvgIpc) is 2.53. The molecule has 0 saturated carbocycles. The number of carbonyl (C=O) groups excluding carboxylic acids is 1. The van der Waals surface area contributed by atoms with E-state index in [0.717, 1.165) is 5.56 Å². The molecule has 0 saturated heterocycles. The van der Waals surface area contributed by atoms with Crippen molar-refractivity contribution in [1.29, 1.82) is 0 Å². The molecule has 0 heterocycles. The Morgan fingerprint density at radius 2 is 2.05 bits per heavy atom. The summed E-state index contributed by atoms with van der Waals surface area (Å²) < 4.78 is 4.66. The van der Waals surface area contributed by atoms with E-state index in [2.05, 4.69) is 10.1 Å². The molecule has 0 aliphatic carbocycles. The average molecular weight is 321 g/mol. The third-order valence-electron chi connectivity index (χ3n) is 3.05. The standard InChI is InChI=1S/C15H13ClN2O4/c1-22-15(19)12-8-11(18(20)21)6-7-14(12)17-9-10-4-2-3-5-13(10)16/h2-8,17H,9H2,1H3. The van der Waals surface area contributed by atoms with Gasteiger partial charge in [0.1, 0.15) is 0 Å². The van der Waals surface area contributed by atoms with E-state index in [0.29, 0.717) is 17.3 Å². The van der Waals surface area contributed by atoms with Crippen molar-refractivity contribution in [1.82, 2.24) is 0 Å². The van der Waals surface area contributed by atoms with Crippen LogP contribution in [-0.2, 0) is 11.3 Å². The van der Waals surface area contributed by atoms with Crippen molar-refractivity contribution >= 4 is 28.9 Å². The number of rotatable bonds is 5. The van der Waals surface area contributed by atoms with Gasteiger partial charge in [0.05, 0.1) is 17.6 Å². The van der Waals surface area contributed by atoms with Crippen LogP contribution in [0, 0.1) is 10.1 Å². The maximum atomic E-state index is 11.8. The van der Waals surface area contributed by atoms with Crippen LogP contribution in [-0.4, -0.2) is 18.0 Å². The zero-order chi connectivity index (χ0) is 16.1. The summed E-state index contributed by atoms with van der Waals surface area (Å²) in [5, 5.41) is 14.5. The fourth-order valence-electron chi connectivity index (χ4n) is 1.91. The fraction of sp³-hybridized carbons (Fsp3) is 0.133. The molecule has 0 atom stereocenters. The summed E-state index contributed by atoms with van der Waals surface area (Å²) in [6.45, 7) is 0.376. The maximum absolute atomic E-state index is 11.8. The molecule has 2 aromatic rings. The second-order valence-corrected chi connectivity index (χ2v) is 4.83. The molecule has 0 aromatic heterocycles. The van der Waals surface area contributed by atoms with Gasteiger partial charge in [-0.2, -0.15) is 0 Å². The Kier molecular flexibility index (Phi) is 4.95. The molecule has 0 amide bonds. The molecule has 0 aliphatic rings. The quantitative estimate of drug-likeness (QED) is 0.516. The van der Waals surface area contributed by atoms with Crippen LogP contribution in [0.5, 0.6) is 0 Å². The van der Waals surface area contributed by atoms with E-state index in [1.807, 2.05) is 18.2 Å². The number of halogens is 1. The zero-order valence-electron chi connectivity index (χ0n) is 11.7. The smallest absolute Gasteiger partial charge is 0.340 e. The highest BCUT2D eigenvalue weighted by molar-refractivity contribution is 6.31. The summed E-state index contributed by atoms with van der Waals surface area (Å²) >= 11 is 6.07. The number of carbonyl (C=O) groups is 1. The normalized spacial score (nSPS) is 10.1. The highest BCUT2D eigenvalue weighted by Gasteiger charge is 2.17. The predicted octanol–water partition coefficient (Wildman–Crippen LogP) is 3.65. The number of methoxy groups -OCH3 is 1. The minimum Gasteiger partial charge on any atom is -0.465 e. The van der Waals surface area contributed by atoms with Crippen molar-refractivity contribution in [3.8, 4) is 0 Å². The van der Waals surface area contributed by atoms with Crippen LogP contribution in [0.3, 0.4) is 0 Å². The molecule has 2 rings (SSSR count). The molecule has 0 aliphatic heterocycles. The maximum Gasteiger partial charge on any atom is 0.340 e. The minimum atomic E-state index is -0.648. The van der Waals surface area contributed by atoms with Crippen molar-refractivity contribution < 1.29 is 14.5 Å². The number of anilines is 1. The van der Waals surface area contributed by atoms with Gasteiger partial charge in [-0.3, -0.25) is 10.1 Å². The molecule has 0 spiro atoms. The monoisotopic (exact) mass is 320 g/mol. The Labute approximate surface area is 131 Å². The molecule has 7 heteroatoms. The highest BCUT2D eigenvalue weighted by Crippen LogP contribution is 2.24. The second-order valence-electron chi connectivity index (χ2n) is 4.42. The third kappa shape index (κ3) is 3.53. The SMILES string of the molecule is COC(=O)c1cc([N+](=O)[O-])ccc1NCc1ccccc1Cl. The summed E-state index contributed by atoms with van der Waals surface area (Å²) in [5.41, 5.74) is 1.21. The van der Waals surface area contributed by atoms with Crippen molar-refractivity contribution in [2.24, 2.45) is 0 Å². The lowest BCUT2D eigenvalue weighted by molar-refractivity contribution is -0.384. The molecular formula is C15H13ClN2O4. The Hall–Kier alpha value is -2.60. The first kappa shape index (κ1) is 15.8. The molecular weight excluding hydrogens is 308 g/mol. The van der Waals surface area contributed by atoms with Gasteiger partial charge in [0.15, 0.2) is 0 Å². The number of ether oxygens (including phenoxy) is 1. The topological polar surface area (TPSA) is 81.5 Å². The first-order chi connectivity index (χ1) is 10.5. The molecule has 1 N–H and O–H groups in total. The number of nitro benzene ring substituents is 1. The van der Waals surface area contributed by atoms with E-state index in [1.165, 1.54) is 25.3 Å². The van der Waals surface area contributed by atoms with E-state index >= 15 is 0 Å². The van der Waals surface area contributed by atoms with Crippen molar-refractivity contribution in [2.75, 3.05) is 12.4 Å². The second kappa shape index (κ2) is 6.91. The molecule has 22 heavy (non-hydrogen) atoms. The summed E-state index contributed by atoms with van der Waals surface area (Å²) in [6, 6.07) is 11.2. The largest absolute Gasteiger partial charge is 0.465 e. The number of nitrogens with zero attached hydrogens (tertiary/aromatic N) is 1. The van der Waals surface area contributed by atoms with Gasteiger partial charge < -0.3 is 10.1 Å². The zero-order valence-corrected chi connectivity index (χ0v) is 12.5. The molecule has 6 nitrogen and oxygen atoms in total.